The van der Waals surface area contributed by atoms with Gasteiger partial charge < -0.3 is 14.6 Å². The maximum Gasteiger partial charge on any atom is 0.150 e. The monoisotopic (exact) mass is 388 g/mol. The van der Waals surface area contributed by atoms with Crippen LogP contribution in [0.15, 0.2) is 37.9 Å². The maximum absolute atomic E-state index is 5.55. The summed E-state index contributed by atoms with van der Waals surface area (Å²) < 4.78 is 12.5. The van der Waals surface area contributed by atoms with E-state index in [0.717, 1.165) is 32.6 Å². The standard InChI is InChI=1S/C13H14Br2N2O2/c1-2-18-13-11(14)5-9(6-12(13)15)7-16-8-10-3-4-17-19-10/h3-6,16H,2,7-8H2,1H3. The summed E-state index contributed by atoms with van der Waals surface area (Å²) in [6.45, 7) is 4.00. The van der Waals surface area contributed by atoms with Gasteiger partial charge in [-0.05, 0) is 56.5 Å². The minimum absolute atomic E-state index is 0.639. The van der Waals surface area contributed by atoms with Crippen LogP contribution in [0.4, 0.5) is 0 Å². The fourth-order valence-corrected chi connectivity index (χ4v) is 3.17. The molecule has 2 aromatic rings. The highest BCUT2D eigenvalue weighted by molar-refractivity contribution is 9.11. The van der Waals surface area contributed by atoms with Gasteiger partial charge in [-0.1, -0.05) is 5.16 Å². The predicted molar refractivity (Wildman–Crippen MR) is 80.1 cm³/mol. The molecule has 1 aromatic heterocycles. The van der Waals surface area contributed by atoms with Gasteiger partial charge in [-0.3, -0.25) is 0 Å². The Morgan fingerprint density at radius 3 is 2.58 bits per heavy atom. The number of rotatable bonds is 6. The van der Waals surface area contributed by atoms with Crippen LogP contribution in [0, 0.1) is 0 Å². The third-order valence-corrected chi connectivity index (χ3v) is 3.64. The molecule has 0 saturated heterocycles. The Hall–Kier alpha value is -0.850. The van der Waals surface area contributed by atoms with Gasteiger partial charge >= 0.3 is 0 Å². The second-order valence-electron chi connectivity index (χ2n) is 3.90. The lowest BCUT2D eigenvalue weighted by molar-refractivity contribution is 0.336. The number of nitrogens with one attached hydrogen (secondary N) is 1. The molecule has 6 heteroatoms. The van der Waals surface area contributed by atoms with Gasteiger partial charge in [0.1, 0.15) is 11.5 Å². The zero-order chi connectivity index (χ0) is 13.7. The molecule has 0 aliphatic rings. The molecule has 0 unspecified atom stereocenters. The van der Waals surface area contributed by atoms with E-state index < -0.39 is 0 Å². The second-order valence-corrected chi connectivity index (χ2v) is 5.61. The number of halogens is 2. The molecule has 4 nitrogen and oxygen atoms in total. The second kappa shape index (κ2) is 7.07. The summed E-state index contributed by atoms with van der Waals surface area (Å²) in [5.41, 5.74) is 1.15. The third kappa shape index (κ3) is 4.06. The lowest BCUT2D eigenvalue weighted by atomic mass is 10.2. The number of benzene rings is 1. The average molecular weight is 390 g/mol. The number of hydrogen-bond acceptors (Lipinski definition) is 4. The third-order valence-electron chi connectivity index (χ3n) is 2.47. The summed E-state index contributed by atoms with van der Waals surface area (Å²) in [5, 5.41) is 6.96. The van der Waals surface area contributed by atoms with Gasteiger partial charge in [-0.25, -0.2) is 0 Å². The van der Waals surface area contributed by atoms with Gasteiger partial charge in [0, 0.05) is 12.6 Å². The molecule has 0 aliphatic heterocycles. The summed E-state index contributed by atoms with van der Waals surface area (Å²) in [6, 6.07) is 5.93. The van der Waals surface area contributed by atoms with E-state index in [2.05, 4.69) is 42.3 Å². The summed E-state index contributed by atoms with van der Waals surface area (Å²) in [7, 11) is 0. The highest BCUT2D eigenvalue weighted by atomic mass is 79.9. The Morgan fingerprint density at radius 2 is 2.00 bits per heavy atom. The van der Waals surface area contributed by atoms with E-state index in [9.17, 15) is 0 Å². The topological polar surface area (TPSA) is 47.3 Å². The molecule has 0 saturated carbocycles. The molecule has 1 aromatic carbocycles. The van der Waals surface area contributed by atoms with Gasteiger partial charge in [-0.2, -0.15) is 0 Å². The lowest BCUT2D eigenvalue weighted by Crippen LogP contribution is -2.12. The van der Waals surface area contributed by atoms with Crippen molar-refractivity contribution in [2.75, 3.05) is 6.61 Å². The van der Waals surface area contributed by atoms with Gasteiger partial charge in [0.2, 0.25) is 0 Å². The Balaban J connectivity index is 1.97. The quantitative estimate of drug-likeness (QED) is 0.814. The molecule has 0 amide bonds. The molecule has 0 aliphatic carbocycles. The molecule has 0 bridgehead atoms. The van der Waals surface area contributed by atoms with Crippen molar-refractivity contribution in [3.63, 3.8) is 0 Å². The average Bonchev–Trinajstić information content (AvgIpc) is 2.87. The summed E-state index contributed by atoms with van der Waals surface area (Å²) in [5.74, 6) is 1.66. The Bertz CT molecular complexity index is 506. The van der Waals surface area contributed by atoms with Crippen LogP contribution in [0.3, 0.4) is 0 Å². The number of ether oxygens (including phenoxy) is 1. The van der Waals surface area contributed by atoms with Crippen LogP contribution in [0.1, 0.15) is 18.2 Å². The predicted octanol–water partition coefficient (Wildman–Crippen LogP) is 3.89. The molecule has 0 fully saturated rings. The van der Waals surface area contributed by atoms with Gasteiger partial charge in [0.05, 0.1) is 28.3 Å². The van der Waals surface area contributed by atoms with Crippen LogP contribution < -0.4 is 10.1 Å². The Morgan fingerprint density at radius 1 is 1.26 bits per heavy atom. The van der Waals surface area contributed by atoms with Crippen molar-refractivity contribution >= 4 is 31.9 Å². The molecule has 0 spiro atoms. The van der Waals surface area contributed by atoms with Crippen molar-refractivity contribution < 1.29 is 9.26 Å². The van der Waals surface area contributed by atoms with Crippen LogP contribution in [-0.4, -0.2) is 11.8 Å². The number of hydrogen-bond donors (Lipinski definition) is 1. The molecule has 0 atom stereocenters. The highest BCUT2D eigenvalue weighted by Crippen LogP contribution is 2.34. The summed E-state index contributed by atoms with van der Waals surface area (Å²) in [4.78, 5) is 0. The fourth-order valence-electron chi connectivity index (χ4n) is 1.66. The molecule has 0 radical (unpaired) electrons. The first-order valence-electron chi connectivity index (χ1n) is 5.91. The first-order valence-corrected chi connectivity index (χ1v) is 7.50. The minimum atomic E-state index is 0.639. The molecule has 19 heavy (non-hydrogen) atoms. The van der Waals surface area contributed by atoms with Gasteiger partial charge in [0.15, 0.2) is 0 Å². The van der Waals surface area contributed by atoms with Gasteiger partial charge in [0.25, 0.3) is 0 Å². The first kappa shape index (κ1) is 14.6. The Kier molecular flexibility index (Phi) is 5.42. The zero-order valence-electron chi connectivity index (χ0n) is 10.5. The smallest absolute Gasteiger partial charge is 0.150 e. The van der Waals surface area contributed by atoms with Crippen molar-refractivity contribution in [1.29, 1.82) is 0 Å². The van der Waals surface area contributed by atoms with Crippen LogP contribution >= 0.6 is 31.9 Å². The first-order chi connectivity index (χ1) is 9.20. The van der Waals surface area contributed by atoms with E-state index in [1.54, 1.807) is 6.20 Å². The van der Waals surface area contributed by atoms with E-state index in [1.165, 1.54) is 0 Å². The van der Waals surface area contributed by atoms with Crippen molar-refractivity contribution in [2.24, 2.45) is 0 Å². The van der Waals surface area contributed by atoms with E-state index in [4.69, 9.17) is 9.26 Å². The van der Waals surface area contributed by atoms with Crippen LogP contribution in [-0.2, 0) is 13.1 Å². The largest absolute Gasteiger partial charge is 0.492 e. The maximum atomic E-state index is 5.55. The molecule has 1 N–H and O–H groups in total. The van der Waals surface area contributed by atoms with Gasteiger partial charge in [-0.15, -0.1) is 0 Å². The summed E-state index contributed by atoms with van der Waals surface area (Å²) >= 11 is 7.04. The van der Waals surface area contributed by atoms with E-state index >= 15 is 0 Å². The van der Waals surface area contributed by atoms with E-state index in [1.807, 2.05) is 25.1 Å². The van der Waals surface area contributed by atoms with Crippen LogP contribution in [0.25, 0.3) is 0 Å². The minimum Gasteiger partial charge on any atom is -0.492 e. The molecular weight excluding hydrogens is 376 g/mol. The summed E-state index contributed by atoms with van der Waals surface area (Å²) in [6.07, 6.45) is 1.64. The zero-order valence-corrected chi connectivity index (χ0v) is 13.6. The molecule has 102 valence electrons. The van der Waals surface area contributed by atoms with Crippen molar-refractivity contribution in [3.8, 4) is 5.75 Å². The van der Waals surface area contributed by atoms with E-state index in [-0.39, 0.29) is 0 Å². The highest BCUT2D eigenvalue weighted by Gasteiger charge is 2.08. The fraction of sp³-hybridized carbons (Fsp3) is 0.308. The number of nitrogens with zero attached hydrogens (tertiary/aromatic N) is 1. The molecular formula is C13H14Br2N2O2. The lowest BCUT2D eigenvalue weighted by Gasteiger charge is -2.11. The van der Waals surface area contributed by atoms with E-state index in [0.29, 0.717) is 13.2 Å². The van der Waals surface area contributed by atoms with Crippen LogP contribution in [0.2, 0.25) is 0 Å². The van der Waals surface area contributed by atoms with Crippen molar-refractivity contribution in [3.05, 3.63) is 44.7 Å². The number of aromatic nitrogens is 1. The van der Waals surface area contributed by atoms with Crippen LogP contribution in [0.5, 0.6) is 5.75 Å². The SMILES string of the molecule is CCOc1c(Br)cc(CNCc2ccno2)cc1Br. The van der Waals surface area contributed by atoms with Crippen molar-refractivity contribution in [2.45, 2.75) is 20.0 Å². The Labute approximate surface area is 128 Å². The van der Waals surface area contributed by atoms with Crippen molar-refractivity contribution in [1.82, 2.24) is 10.5 Å². The molecule has 1 heterocycles. The molecule has 2 rings (SSSR count). The normalized spacial score (nSPS) is 10.7.